The first-order valence-corrected chi connectivity index (χ1v) is 15.4. The molecular formula is C38H28FN3O5. The van der Waals surface area contributed by atoms with E-state index in [1.807, 2.05) is 6.07 Å². The maximum atomic E-state index is 15.2. The summed E-state index contributed by atoms with van der Waals surface area (Å²) in [4.78, 5) is 57.7. The predicted molar refractivity (Wildman–Crippen MR) is 173 cm³/mol. The minimum Gasteiger partial charge on any atom is -0.505 e. The van der Waals surface area contributed by atoms with Crippen LogP contribution in [-0.4, -0.2) is 30.6 Å². The zero-order valence-electron chi connectivity index (χ0n) is 25.0. The first kappa shape index (κ1) is 28.6. The van der Waals surface area contributed by atoms with Gasteiger partial charge in [0.1, 0.15) is 0 Å². The zero-order chi connectivity index (χ0) is 32.4. The number of carbonyl (C=O) groups is 2. The number of para-hydroxylation sites is 2. The Morgan fingerprint density at radius 2 is 1.43 bits per heavy atom. The molecule has 8 rings (SSSR count). The summed E-state index contributed by atoms with van der Waals surface area (Å²) in [7, 11) is 0. The quantitative estimate of drug-likeness (QED) is 0.280. The third-order valence-electron chi connectivity index (χ3n) is 9.98. The van der Waals surface area contributed by atoms with E-state index in [0.29, 0.717) is 22.4 Å². The lowest BCUT2D eigenvalue weighted by Gasteiger charge is -2.54. The van der Waals surface area contributed by atoms with Gasteiger partial charge in [-0.05, 0) is 47.4 Å². The Bertz CT molecular complexity index is 2270. The third kappa shape index (κ3) is 3.99. The summed E-state index contributed by atoms with van der Waals surface area (Å²) in [5, 5.41) is 11.3. The van der Waals surface area contributed by atoms with E-state index in [1.54, 1.807) is 97.1 Å². The number of carbonyl (C=O) groups excluding carboxylic acids is 2. The average Bonchev–Trinajstić information content (AvgIpc) is 3.37. The van der Waals surface area contributed by atoms with Gasteiger partial charge in [0.25, 0.3) is 0 Å². The molecule has 8 nitrogen and oxygen atoms in total. The molecule has 4 aromatic carbocycles. The Balaban J connectivity index is 1.44. The first-order chi connectivity index (χ1) is 22.8. The molecule has 2 heterocycles. The van der Waals surface area contributed by atoms with Gasteiger partial charge in [-0.2, -0.15) is 0 Å². The number of rotatable bonds is 4. The van der Waals surface area contributed by atoms with Crippen molar-refractivity contribution in [3.8, 4) is 11.4 Å². The van der Waals surface area contributed by atoms with Gasteiger partial charge in [0.15, 0.2) is 23.1 Å². The molecule has 1 aromatic heterocycles. The van der Waals surface area contributed by atoms with E-state index in [4.69, 9.17) is 0 Å². The summed E-state index contributed by atoms with van der Waals surface area (Å²) >= 11 is 0. The molecule has 3 aliphatic rings. The van der Waals surface area contributed by atoms with Crippen LogP contribution >= 0.6 is 0 Å². The summed E-state index contributed by atoms with van der Waals surface area (Å²) in [6, 6.07) is 29.7. The van der Waals surface area contributed by atoms with Crippen LogP contribution < -0.4 is 11.4 Å². The minimum absolute atomic E-state index is 0.00487. The van der Waals surface area contributed by atoms with Crippen LogP contribution in [0.1, 0.15) is 35.1 Å². The monoisotopic (exact) mass is 625 g/mol. The number of ketones is 2. The number of aromatic nitrogens is 3. The highest BCUT2D eigenvalue weighted by Gasteiger charge is 2.63. The Hall–Kier alpha value is -5.83. The van der Waals surface area contributed by atoms with E-state index < -0.39 is 46.2 Å². The highest BCUT2D eigenvalue weighted by Crippen LogP contribution is 2.62. The normalized spacial score (nSPS) is 23.3. The fraction of sp³-hybridized carbons (Fsp3) is 0.158. The van der Waals surface area contributed by atoms with Gasteiger partial charge in [-0.1, -0.05) is 97.1 Å². The molecule has 1 N–H and O–H groups in total. The van der Waals surface area contributed by atoms with E-state index in [2.05, 4.69) is 0 Å². The second-order valence-corrected chi connectivity index (χ2v) is 12.2. The highest BCUT2D eigenvalue weighted by molar-refractivity contribution is 6.31. The number of hydrogen-bond donors (Lipinski definition) is 1. The number of halogens is 1. The topological polar surface area (TPSA) is 103 Å². The number of nitrogens with zero attached hydrogens (tertiary/aromatic N) is 3. The second kappa shape index (κ2) is 10.6. The molecule has 1 fully saturated rings. The number of benzene rings is 4. The van der Waals surface area contributed by atoms with Crippen molar-refractivity contribution in [3.05, 3.63) is 170 Å². The second-order valence-electron chi connectivity index (χ2n) is 12.2. The fourth-order valence-electron chi connectivity index (χ4n) is 8.04. The predicted octanol–water partition coefficient (Wildman–Crippen LogP) is 5.10. The zero-order valence-corrected chi connectivity index (χ0v) is 25.0. The van der Waals surface area contributed by atoms with Gasteiger partial charge < -0.3 is 5.11 Å². The molecule has 4 atom stereocenters. The maximum Gasteiger partial charge on any atom is 0.352 e. The Morgan fingerprint density at radius 1 is 0.766 bits per heavy atom. The summed E-state index contributed by atoms with van der Waals surface area (Å²) in [6.07, 6.45) is 3.17. The molecule has 47 heavy (non-hydrogen) atoms. The van der Waals surface area contributed by atoms with E-state index in [-0.39, 0.29) is 35.7 Å². The van der Waals surface area contributed by atoms with Crippen molar-refractivity contribution >= 4 is 17.1 Å². The van der Waals surface area contributed by atoms with Crippen LogP contribution in [0.25, 0.3) is 11.3 Å². The number of fused-ring (bicyclic) bond motifs is 4. The van der Waals surface area contributed by atoms with Gasteiger partial charge >= 0.3 is 11.4 Å². The minimum atomic E-state index is -1.59. The van der Waals surface area contributed by atoms with Crippen molar-refractivity contribution in [2.45, 2.75) is 30.3 Å². The number of aromatic hydroxyl groups is 1. The number of hydrogen-bond acceptors (Lipinski definition) is 5. The van der Waals surface area contributed by atoms with E-state index >= 15 is 4.39 Å². The van der Waals surface area contributed by atoms with Crippen molar-refractivity contribution in [2.75, 3.05) is 0 Å². The summed E-state index contributed by atoms with van der Waals surface area (Å²) in [5.41, 5.74) is -0.302. The summed E-state index contributed by atoms with van der Waals surface area (Å²) in [5.74, 6) is -4.28. The van der Waals surface area contributed by atoms with E-state index in [0.717, 1.165) is 10.6 Å². The first-order valence-electron chi connectivity index (χ1n) is 15.4. The molecule has 9 heteroatoms. The Labute approximate surface area is 267 Å². The van der Waals surface area contributed by atoms with Gasteiger partial charge in [-0.25, -0.2) is 27.9 Å². The van der Waals surface area contributed by atoms with Crippen LogP contribution in [0.4, 0.5) is 4.39 Å². The van der Waals surface area contributed by atoms with E-state index in [1.165, 1.54) is 21.5 Å². The van der Waals surface area contributed by atoms with Crippen LogP contribution in [-0.2, 0) is 21.5 Å². The standard InChI is InChI=1S/C38H28FN3O5/c39-30-18-10-17-27(35(30)45)33-26-19-20-40-36(46)41(25-15-8-3-9-16-25)37(47)42(40)31(26)22-29-34(44)28(23-11-4-1-5-12-23)21-32(43)38(29,33)24-13-6-2-7-14-24/h1-19,21,29,31,33,45H,20,22H2/t29-,31+,33+,38-/m0/s1. The van der Waals surface area contributed by atoms with Gasteiger partial charge in [0.2, 0.25) is 0 Å². The summed E-state index contributed by atoms with van der Waals surface area (Å²) in [6.45, 7) is -0.00487. The molecule has 0 spiro atoms. The summed E-state index contributed by atoms with van der Waals surface area (Å²) < 4.78 is 19.0. The maximum absolute atomic E-state index is 15.2. The molecular weight excluding hydrogens is 597 g/mol. The van der Waals surface area contributed by atoms with Gasteiger partial charge in [-0.3, -0.25) is 9.59 Å². The molecule has 0 radical (unpaired) electrons. The smallest absolute Gasteiger partial charge is 0.352 e. The average molecular weight is 626 g/mol. The lowest BCUT2D eigenvalue weighted by Crippen LogP contribution is -2.58. The molecule has 0 saturated heterocycles. The van der Waals surface area contributed by atoms with Gasteiger partial charge in [-0.15, -0.1) is 0 Å². The third-order valence-corrected chi connectivity index (χ3v) is 9.98. The van der Waals surface area contributed by atoms with Crippen LogP contribution in [0, 0.1) is 11.7 Å². The van der Waals surface area contributed by atoms with Crippen LogP contribution in [0.3, 0.4) is 0 Å². The molecule has 5 aromatic rings. The number of phenolic OH excluding ortho intramolecular Hbond substituents is 1. The number of Topliss-reactive ketones (excluding diaryl/α,β-unsaturated/α-hetero) is 1. The van der Waals surface area contributed by atoms with Crippen LogP contribution in [0.5, 0.6) is 5.75 Å². The lowest BCUT2D eigenvalue weighted by molar-refractivity contribution is -0.133. The highest BCUT2D eigenvalue weighted by atomic mass is 19.1. The van der Waals surface area contributed by atoms with Gasteiger partial charge in [0, 0.05) is 23.0 Å². The lowest BCUT2D eigenvalue weighted by atomic mass is 9.47. The number of phenols is 1. The van der Waals surface area contributed by atoms with Crippen molar-refractivity contribution in [2.24, 2.45) is 5.92 Å². The van der Waals surface area contributed by atoms with E-state index in [9.17, 15) is 24.3 Å². The van der Waals surface area contributed by atoms with Crippen molar-refractivity contribution in [1.29, 1.82) is 0 Å². The molecule has 232 valence electrons. The molecule has 0 unspecified atom stereocenters. The Morgan fingerprint density at radius 3 is 2.13 bits per heavy atom. The van der Waals surface area contributed by atoms with Crippen molar-refractivity contribution in [3.63, 3.8) is 0 Å². The van der Waals surface area contributed by atoms with Crippen molar-refractivity contribution < 1.29 is 19.1 Å². The largest absolute Gasteiger partial charge is 0.505 e. The molecule has 2 aliphatic carbocycles. The fourth-order valence-corrected chi connectivity index (χ4v) is 8.04. The molecule has 1 aliphatic heterocycles. The molecule has 0 bridgehead atoms. The van der Waals surface area contributed by atoms with Crippen molar-refractivity contribution in [1.82, 2.24) is 13.9 Å². The number of allylic oxidation sites excluding steroid dienone is 4. The van der Waals surface area contributed by atoms with Gasteiger partial charge in [0.05, 0.1) is 23.7 Å². The van der Waals surface area contributed by atoms with Crippen LogP contribution in [0.15, 0.2) is 137 Å². The molecule has 0 amide bonds. The Kier molecular flexibility index (Phi) is 6.47. The SMILES string of the molecule is O=C1C(c2ccccc2)=CC(=O)[C@@]2(c3ccccc3)[C@@H](c3cccc(F)c3O)C3=CCn4c(=O)n(-c5ccccc5)c(=O)n4[C@@H]3C[C@@H]12. The van der Waals surface area contributed by atoms with Crippen LogP contribution in [0.2, 0.25) is 0 Å². The molecule has 1 saturated carbocycles.